The molecule has 0 aliphatic carbocycles. The van der Waals surface area contributed by atoms with Crippen molar-refractivity contribution in [2.24, 2.45) is 5.73 Å². The zero-order chi connectivity index (χ0) is 24.9. The molecule has 0 saturated carbocycles. The number of benzene rings is 2. The molecule has 1 aliphatic heterocycles. The summed E-state index contributed by atoms with van der Waals surface area (Å²) in [5, 5.41) is 0. The molecular weight excluding hydrogens is 436 g/mol. The molecule has 6 nitrogen and oxygen atoms in total. The van der Waals surface area contributed by atoms with Gasteiger partial charge in [0.1, 0.15) is 0 Å². The molecule has 2 N–H and O–H groups in total. The second-order valence-electron chi connectivity index (χ2n) is 9.28. The smallest absolute Gasteiger partial charge is 0.253 e. The average molecular weight is 469 g/mol. The lowest BCUT2D eigenvalue weighted by Gasteiger charge is -2.30. The van der Waals surface area contributed by atoms with Crippen molar-refractivity contribution >= 4 is 17.4 Å². The highest BCUT2D eigenvalue weighted by molar-refractivity contribution is 5.96. The number of hydrogen-bond donors (Lipinski definition) is 1. The lowest BCUT2D eigenvalue weighted by atomic mass is 9.87. The third-order valence-corrected chi connectivity index (χ3v) is 6.45. The molecular formula is C29H32N4O2. The highest BCUT2D eigenvalue weighted by Crippen LogP contribution is 2.33. The summed E-state index contributed by atoms with van der Waals surface area (Å²) in [5.74, 6) is -0.468. The van der Waals surface area contributed by atoms with Gasteiger partial charge < -0.3 is 10.6 Å². The van der Waals surface area contributed by atoms with E-state index in [4.69, 9.17) is 5.73 Å². The highest BCUT2D eigenvalue weighted by Gasteiger charge is 2.20. The number of nitrogens with two attached hydrogens (primary N) is 1. The Balaban J connectivity index is 1.64. The van der Waals surface area contributed by atoms with E-state index in [1.54, 1.807) is 25.1 Å². The number of piperidine rings is 1. The second-order valence-corrected chi connectivity index (χ2v) is 9.28. The third-order valence-electron chi connectivity index (χ3n) is 6.45. The maximum atomic E-state index is 12.4. The molecule has 0 atom stereocenters. The van der Waals surface area contributed by atoms with E-state index in [0.717, 1.165) is 54.9 Å². The number of aromatic nitrogens is 1. The van der Waals surface area contributed by atoms with Crippen molar-refractivity contribution in [3.05, 3.63) is 106 Å². The Bertz CT molecular complexity index is 1230. The van der Waals surface area contributed by atoms with Gasteiger partial charge in [-0.15, -0.1) is 0 Å². The van der Waals surface area contributed by atoms with Gasteiger partial charge in [-0.25, -0.2) is 0 Å². The van der Waals surface area contributed by atoms with Gasteiger partial charge in [0.05, 0.1) is 0 Å². The Morgan fingerprint density at radius 1 is 0.914 bits per heavy atom. The standard InChI is InChI=1S/C29H32N4O2/c1-20-7-8-21(18-31-20)19-33-15-13-23(14-16-33)27(25-5-4-6-26(17-25)28(30)34)22-9-11-24(12-10-22)29(35)32(2)3/h4-12,17-18H,13-16,19H2,1-3H3,(H2,30,34). The van der Waals surface area contributed by atoms with Gasteiger partial charge in [-0.3, -0.25) is 19.5 Å². The molecule has 3 aromatic rings. The number of amides is 2. The Morgan fingerprint density at radius 3 is 2.17 bits per heavy atom. The van der Waals surface area contributed by atoms with Crippen LogP contribution in [-0.2, 0) is 6.54 Å². The van der Waals surface area contributed by atoms with Crippen LogP contribution >= 0.6 is 0 Å². The summed E-state index contributed by atoms with van der Waals surface area (Å²) in [5.41, 5.74) is 13.4. The van der Waals surface area contributed by atoms with Gasteiger partial charge in [0.15, 0.2) is 0 Å². The van der Waals surface area contributed by atoms with Crippen LogP contribution in [0.5, 0.6) is 0 Å². The van der Waals surface area contributed by atoms with Gasteiger partial charge in [0.25, 0.3) is 5.91 Å². The molecule has 0 spiro atoms. The van der Waals surface area contributed by atoms with E-state index in [9.17, 15) is 9.59 Å². The number of carbonyl (C=O) groups is 2. The number of carbonyl (C=O) groups excluding carboxylic acids is 2. The van der Waals surface area contributed by atoms with E-state index >= 15 is 0 Å². The molecule has 35 heavy (non-hydrogen) atoms. The topological polar surface area (TPSA) is 79.5 Å². The number of likely N-dealkylation sites (tertiary alicyclic amines) is 1. The molecule has 1 aromatic heterocycles. The monoisotopic (exact) mass is 468 g/mol. The maximum Gasteiger partial charge on any atom is 0.253 e. The molecule has 1 fully saturated rings. The predicted octanol–water partition coefficient (Wildman–Crippen LogP) is 4.29. The molecule has 2 heterocycles. The van der Waals surface area contributed by atoms with E-state index in [0.29, 0.717) is 11.1 Å². The average Bonchev–Trinajstić information content (AvgIpc) is 2.87. The lowest BCUT2D eigenvalue weighted by Crippen LogP contribution is -2.30. The molecule has 0 unspecified atom stereocenters. The molecule has 0 bridgehead atoms. The van der Waals surface area contributed by atoms with Crippen LogP contribution in [0.25, 0.3) is 5.57 Å². The van der Waals surface area contributed by atoms with E-state index in [-0.39, 0.29) is 5.91 Å². The summed E-state index contributed by atoms with van der Waals surface area (Å²) in [6.07, 6.45) is 3.81. The van der Waals surface area contributed by atoms with E-state index < -0.39 is 5.91 Å². The van der Waals surface area contributed by atoms with Crippen LogP contribution in [0.2, 0.25) is 0 Å². The van der Waals surface area contributed by atoms with Crippen molar-refractivity contribution in [3.63, 3.8) is 0 Å². The first-order chi connectivity index (χ1) is 16.8. The molecule has 4 rings (SSSR count). The first-order valence-corrected chi connectivity index (χ1v) is 11.9. The Labute approximate surface area is 207 Å². The largest absolute Gasteiger partial charge is 0.366 e. The van der Waals surface area contributed by atoms with Gasteiger partial charge in [-0.2, -0.15) is 0 Å². The predicted molar refractivity (Wildman–Crippen MR) is 139 cm³/mol. The van der Waals surface area contributed by atoms with Gasteiger partial charge >= 0.3 is 0 Å². The number of aryl methyl sites for hydroxylation is 1. The fourth-order valence-corrected chi connectivity index (χ4v) is 4.52. The van der Waals surface area contributed by atoms with Crippen LogP contribution in [0.4, 0.5) is 0 Å². The van der Waals surface area contributed by atoms with Gasteiger partial charge in [0.2, 0.25) is 5.91 Å². The van der Waals surface area contributed by atoms with Crippen molar-refractivity contribution in [1.82, 2.24) is 14.8 Å². The Morgan fingerprint density at radius 2 is 1.57 bits per heavy atom. The fraction of sp³-hybridized carbons (Fsp3) is 0.276. The fourth-order valence-electron chi connectivity index (χ4n) is 4.52. The zero-order valence-corrected chi connectivity index (χ0v) is 20.6. The third kappa shape index (κ3) is 5.84. The number of nitrogens with zero attached hydrogens (tertiary/aromatic N) is 3. The summed E-state index contributed by atoms with van der Waals surface area (Å²) < 4.78 is 0. The first-order valence-electron chi connectivity index (χ1n) is 11.9. The lowest BCUT2D eigenvalue weighted by molar-refractivity contribution is 0.0827. The van der Waals surface area contributed by atoms with Crippen molar-refractivity contribution in [2.45, 2.75) is 26.3 Å². The zero-order valence-electron chi connectivity index (χ0n) is 20.6. The summed E-state index contributed by atoms with van der Waals surface area (Å²) in [6.45, 7) is 4.77. The Hall–Kier alpha value is -3.77. The maximum absolute atomic E-state index is 12.4. The summed E-state index contributed by atoms with van der Waals surface area (Å²) in [6, 6.07) is 19.5. The summed E-state index contributed by atoms with van der Waals surface area (Å²) >= 11 is 0. The van der Waals surface area contributed by atoms with Crippen LogP contribution in [0, 0.1) is 6.92 Å². The minimum absolute atomic E-state index is 0.0274. The van der Waals surface area contributed by atoms with Crippen LogP contribution in [-0.4, -0.2) is 53.8 Å². The van der Waals surface area contributed by atoms with E-state index in [2.05, 4.69) is 22.0 Å². The molecule has 0 radical (unpaired) electrons. The number of hydrogen-bond acceptors (Lipinski definition) is 4. The molecule has 2 amide bonds. The van der Waals surface area contributed by atoms with Gasteiger partial charge in [-0.1, -0.05) is 35.9 Å². The van der Waals surface area contributed by atoms with E-state index in [1.807, 2.05) is 55.6 Å². The van der Waals surface area contributed by atoms with Crippen molar-refractivity contribution in [2.75, 3.05) is 27.2 Å². The summed E-state index contributed by atoms with van der Waals surface area (Å²) in [4.78, 5) is 32.7. The number of primary amides is 1. The van der Waals surface area contributed by atoms with Gasteiger partial charge in [-0.05, 0) is 72.4 Å². The SMILES string of the molecule is Cc1ccc(CN2CCC(=C(c3ccc(C(=O)N(C)C)cc3)c3cccc(C(N)=O)c3)CC2)cn1. The second kappa shape index (κ2) is 10.7. The van der Waals surface area contributed by atoms with Crippen LogP contribution in [0.3, 0.4) is 0 Å². The highest BCUT2D eigenvalue weighted by atomic mass is 16.2. The molecule has 180 valence electrons. The van der Waals surface area contributed by atoms with Crippen molar-refractivity contribution in [1.29, 1.82) is 0 Å². The van der Waals surface area contributed by atoms with Crippen LogP contribution < -0.4 is 5.73 Å². The minimum atomic E-state index is -0.440. The van der Waals surface area contributed by atoms with Crippen LogP contribution in [0.1, 0.15) is 55.9 Å². The Kier molecular flexibility index (Phi) is 7.42. The van der Waals surface area contributed by atoms with Crippen molar-refractivity contribution < 1.29 is 9.59 Å². The summed E-state index contributed by atoms with van der Waals surface area (Å²) in [7, 11) is 3.50. The van der Waals surface area contributed by atoms with Crippen LogP contribution in [0.15, 0.2) is 72.4 Å². The molecule has 2 aromatic carbocycles. The van der Waals surface area contributed by atoms with Gasteiger partial charge in [0, 0.05) is 56.7 Å². The molecule has 6 heteroatoms. The number of pyridine rings is 1. The minimum Gasteiger partial charge on any atom is -0.366 e. The molecule has 1 saturated heterocycles. The number of rotatable bonds is 6. The first kappa shape index (κ1) is 24.4. The van der Waals surface area contributed by atoms with E-state index in [1.165, 1.54) is 11.1 Å². The molecule has 1 aliphatic rings. The van der Waals surface area contributed by atoms with Crippen molar-refractivity contribution in [3.8, 4) is 0 Å². The normalized spacial score (nSPS) is 14.0. The quantitative estimate of drug-likeness (QED) is 0.585.